The number of aliphatic hydroxyl groups is 1. The lowest BCUT2D eigenvalue weighted by Crippen LogP contribution is -2.01. The molecule has 0 radical (unpaired) electrons. The standard InChI is InChI=1S/C8H14O/c1-3-5-7-8(9)6-4-2/h8-9H,3,5,7H2,1-2H3/t8-/m1/s1. The second kappa shape index (κ2) is 5.65. The summed E-state index contributed by atoms with van der Waals surface area (Å²) in [7, 11) is 0. The van der Waals surface area contributed by atoms with Crippen molar-refractivity contribution in [2.45, 2.75) is 39.2 Å². The van der Waals surface area contributed by atoms with Crippen molar-refractivity contribution >= 4 is 0 Å². The monoisotopic (exact) mass is 126 g/mol. The molecule has 0 amide bonds. The van der Waals surface area contributed by atoms with Gasteiger partial charge in [-0.05, 0) is 13.3 Å². The minimum atomic E-state index is -0.394. The zero-order valence-electron chi connectivity index (χ0n) is 6.15. The summed E-state index contributed by atoms with van der Waals surface area (Å²) in [4.78, 5) is 0. The second-order valence-electron chi connectivity index (χ2n) is 2.05. The third-order valence-electron chi connectivity index (χ3n) is 1.14. The highest BCUT2D eigenvalue weighted by Crippen LogP contribution is 1.97. The van der Waals surface area contributed by atoms with Crippen LogP contribution in [-0.2, 0) is 0 Å². The largest absolute Gasteiger partial charge is 0.380 e. The minimum absolute atomic E-state index is 0.394. The smallest absolute Gasteiger partial charge is 0.114 e. The number of unbranched alkanes of at least 4 members (excludes halogenated alkanes) is 1. The number of aliphatic hydroxyl groups excluding tert-OH is 1. The van der Waals surface area contributed by atoms with Gasteiger partial charge in [0, 0.05) is 0 Å². The third-order valence-corrected chi connectivity index (χ3v) is 1.14. The van der Waals surface area contributed by atoms with Crippen molar-refractivity contribution in [3.63, 3.8) is 0 Å². The first-order chi connectivity index (χ1) is 4.31. The molecule has 0 aliphatic heterocycles. The van der Waals surface area contributed by atoms with Gasteiger partial charge in [0.05, 0.1) is 0 Å². The van der Waals surface area contributed by atoms with E-state index in [0.717, 1.165) is 19.3 Å². The Bertz CT molecular complexity index is 107. The summed E-state index contributed by atoms with van der Waals surface area (Å²) in [5, 5.41) is 9.01. The van der Waals surface area contributed by atoms with Crippen LogP contribution >= 0.6 is 0 Å². The quantitative estimate of drug-likeness (QED) is 0.569. The second-order valence-corrected chi connectivity index (χ2v) is 2.05. The Morgan fingerprint density at radius 1 is 1.56 bits per heavy atom. The van der Waals surface area contributed by atoms with E-state index in [4.69, 9.17) is 5.11 Å². The van der Waals surface area contributed by atoms with Crippen molar-refractivity contribution in [1.82, 2.24) is 0 Å². The van der Waals surface area contributed by atoms with Gasteiger partial charge >= 0.3 is 0 Å². The van der Waals surface area contributed by atoms with E-state index in [1.54, 1.807) is 6.92 Å². The molecule has 0 heterocycles. The molecule has 0 unspecified atom stereocenters. The molecule has 1 atom stereocenters. The van der Waals surface area contributed by atoms with E-state index >= 15 is 0 Å². The molecular weight excluding hydrogens is 112 g/mol. The van der Waals surface area contributed by atoms with Crippen molar-refractivity contribution in [1.29, 1.82) is 0 Å². The van der Waals surface area contributed by atoms with Crippen molar-refractivity contribution in [3.8, 4) is 11.8 Å². The molecule has 1 N–H and O–H groups in total. The molecule has 0 aromatic rings. The molecule has 0 bridgehead atoms. The topological polar surface area (TPSA) is 20.2 Å². The van der Waals surface area contributed by atoms with Crippen LogP contribution in [0.2, 0.25) is 0 Å². The van der Waals surface area contributed by atoms with Gasteiger partial charge in [0.25, 0.3) is 0 Å². The van der Waals surface area contributed by atoms with Crippen molar-refractivity contribution < 1.29 is 5.11 Å². The van der Waals surface area contributed by atoms with E-state index in [1.165, 1.54) is 0 Å². The zero-order valence-corrected chi connectivity index (χ0v) is 6.15. The normalized spacial score (nSPS) is 11.9. The van der Waals surface area contributed by atoms with E-state index in [9.17, 15) is 0 Å². The Morgan fingerprint density at radius 2 is 2.22 bits per heavy atom. The van der Waals surface area contributed by atoms with Crippen LogP contribution in [-0.4, -0.2) is 11.2 Å². The molecule has 9 heavy (non-hydrogen) atoms. The van der Waals surface area contributed by atoms with Crippen molar-refractivity contribution in [3.05, 3.63) is 0 Å². The van der Waals surface area contributed by atoms with E-state index in [2.05, 4.69) is 18.8 Å². The van der Waals surface area contributed by atoms with Crippen LogP contribution < -0.4 is 0 Å². The minimum Gasteiger partial charge on any atom is -0.380 e. The number of rotatable bonds is 3. The highest BCUT2D eigenvalue weighted by Gasteiger charge is 1.94. The SMILES string of the molecule is CC#C[C@@H](O)CCCC. The summed E-state index contributed by atoms with van der Waals surface area (Å²) in [5.74, 6) is 5.36. The van der Waals surface area contributed by atoms with Gasteiger partial charge in [-0.2, -0.15) is 0 Å². The maximum absolute atomic E-state index is 9.01. The zero-order chi connectivity index (χ0) is 7.11. The van der Waals surface area contributed by atoms with E-state index < -0.39 is 6.10 Å². The summed E-state index contributed by atoms with van der Waals surface area (Å²) in [6, 6.07) is 0. The molecule has 0 saturated carbocycles. The number of hydrogen-bond acceptors (Lipinski definition) is 1. The van der Waals surface area contributed by atoms with Gasteiger partial charge in [-0.15, -0.1) is 5.92 Å². The highest BCUT2D eigenvalue weighted by atomic mass is 16.3. The Hall–Kier alpha value is -0.480. The summed E-state index contributed by atoms with van der Waals surface area (Å²) in [6.45, 7) is 3.85. The molecule has 0 aromatic carbocycles. The summed E-state index contributed by atoms with van der Waals surface area (Å²) in [6.07, 6.45) is 2.62. The molecule has 1 nitrogen and oxygen atoms in total. The van der Waals surface area contributed by atoms with Gasteiger partial charge < -0.3 is 5.11 Å². The van der Waals surface area contributed by atoms with E-state index in [0.29, 0.717) is 0 Å². The van der Waals surface area contributed by atoms with Crippen LogP contribution in [0.1, 0.15) is 33.1 Å². The predicted octanol–water partition coefficient (Wildman–Crippen LogP) is 1.56. The van der Waals surface area contributed by atoms with Gasteiger partial charge in [0.1, 0.15) is 6.10 Å². The van der Waals surface area contributed by atoms with Gasteiger partial charge in [-0.1, -0.05) is 25.7 Å². The van der Waals surface area contributed by atoms with Crippen LogP contribution in [0.3, 0.4) is 0 Å². The van der Waals surface area contributed by atoms with Gasteiger partial charge in [-0.25, -0.2) is 0 Å². The lowest BCUT2D eigenvalue weighted by Gasteiger charge is -1.98. The van der Waals surface area contributed by atoms with Crippen LogP contribution in [0.4, 0.5) is 0 Å². The first-order valence-electron chi connectivity index (χ1n) is 3.41. The lowest BCUT2D eigenvalue weighted by atomic mass is 10.2. The molecule has 0 saturated heterocycles. The molecule has 1 heteroatoms. The Kier molecular flexibility index (Phi) is 5.35. The van der Waals surface area contributed by atoms with Crippen LogP contribution in [0.15, 0.2) is 0 Å². The van der Waals surface area contributed by atoms with Crippen LogP contribution in [0.5, 0.6) is 0 Å². The Balaban J connectivity index is 3.23. The fraction of sp³-hybridized carbons (Fsp3) is 0.750. The van der Waals surface area contributed by atoms with Crippen LogP contribution in [0.25, 0.3) is 0 Å². The molecule has 52 valence electrons. The third kappa shape index (κ3) is 5.39. The number of hydrogen-bond donors (Lipinski definition) is 1. The molecule has 0 fully saturated rings. The fourth-order valence-electron chi connectivity index (χ4n) is 0.636. The van der Waals surface area contributed by atoms with Crippen molar-refractivity contribution in [2.24, 2.45) is 0 Å². The summed E-state index contributed by atoms with van der Waals surface area (Å²) in [5.41, 5.74) is 0. The Morgan fingerprint density at radius 3 is 2.67 bits per heavy atom. The van der Waals surface area contributed by atoms with Gasteiger partial charge in [0.2, 0.25) is 0 Å². The highest BCUT2D eigenvalue weighted by molar-refractivity contribution is 5.01. The van der Waals surface area contributed by atoms with E-state index in [1.807, 2.05) is 0 Å². The fourth-order valence-corrected chi connectivity index (χ4v) is 0.636. The summed E-state index contributed by atoms with van der Waals surface area (Å²) < 4.78 is 0. The van der Waals surface area contributed by atoms with E-state index in [-0.39, 0.29) is 0 Å². The lowest BCUT2D eigenvalue weighted by molar-refractivity contribution is 0.218. The molecule has 0 aliphatic carbocycles. The molecule has 0 rings (SSSR count). The van der Waals surface area contributed by atoms with Gasteiger partial charge in [-0.3, -0.25) is 0 Å². The average Bonchev–Trinajstić information content (AvgIpc) is 1.85. The predicted molar refractivity (Wildman–Crippen MR) is 39.0 cm³/mol. The maximum Gasteiger partial charge on any atom is 0.114 e. The molecular formula is C8H14O. The average molecular weight is 126 g/mol. The first-order valence-corrected chi connectivity index (χ1v) is 3.41. The van der Waals surface area contributed by atoms with Gasteiger partial charge in [0.15, 0.2) is 0 Å². The Labute approximate surface area is 57.1 Å². The molecule has 0 aliphatic rings. The van der Waals surface area contributed by atoms with Crippen LogP contribution in [0, 0.1) is 11.8 Å². The summed E-state index contributed by atoms with van der Waals surface area (Å²) >= 11 is 0. The first kappa shape index (κ1) is 8.52. The maximum atomic E-state index is 9.01. The molecule has 0 spiro atoms. The van der Waals surface area contributed by atoms with Crippen molar-refractivity contribution in [2.75, 3.05) is 0 Å². The molecule has 0 aromatic heterocycles.